The summed E-state index contributed by atoms with van der Waals surface area (Å²) in [6.07, 6.45) is 9.36. The molecular formula is C30H40ClMoO7-. The molecule has 7 nitrogen and oxygen atoms in total. The van der Waals surface area contributed by atoms with Crippen molar-refractivity contribution in [2.45, 2.75) is 51.7 Å². The minimum absolute atomic E-state index is 0. The van der Waals surface area contributed by atoms with Crippen LogP contribution < -0.4 is 0 Å². The number of aliphatic hydroxyl groups is 2. The molecule has 0 aliphatic heterocycles. The molecular weight excluding hydrogens is 604 g/mol. The predicted octanol–water partition coefficient (Wildman–Crippen LogP) is 6.11. The number of halogens is 1. The first-order valence-electron chi connectivity index (χ1n) is 12.5. The molecule has 0 bridgehead atoms. The first kappa shape index (κ1) is 38.7. The number of unbranched alkanes of at least 4 members (excludes halogenated alkanes) is 1. The van der Waals surface area contributed by atoms with Crippen molar-refractivity contribution in [2.75, 3.05) is 19.8 Å². The molecule has 0 spiro atoms. The van der Waals surface area contributed by atoms with E-state index in [-0.39, 0.29) is 46.4 Å². The van der Waals surface area contributed by atoms with Gasteiger partial charge >= 0.3 is 5.97 Å². The molecule has 39 heavy (non-hydrogen) atoms. The topological polar surface area (TPSA) is 102 Å². The minimum atomic E-state index is -0.783. The van der Waals surface area contributed by atoms with Gasteiger partial charge in [0, 0.05) is 26.6 Å². The molecule has 0 aromatic heterocycles. The van der Waals surface area contributed by atoms with E-state index >= 15 is 0 Å². The Labute approximate surface area is 252 Å². The van der Waals surface area contributed by atoms with Gasteiger partial charge in [-0.3, -0.25) is 4.79 Å². The van der Waals surface area contributed by atoms with Crippen LogP contribution in [-0.2, 0) is 35.3 Å². The molecule has 2 N–H and O–H groups in total. The van der Waals surface area contributed by atoms with Crippen LogP contribution in [0.5, 0.6) is 0 Å². The van der Waals surface area contributed by atoms with Gasteiger partial charge in [-0.2, -0.15) is 6.42 Å². The van der Waals surface area contributed by atoms with Crippen LogP contribution in [0.15, 0.2) is 85.3 Å². The van der Waals surface area contributed by atoms with Gasteiger partial charge in [-0.25, -0.2) is 4.79 Å². The van der Waals surface area contributed by atoms with Gasteiger partial charge in [-0.1, -0.05) is 74.9 Å². The number of allylic oxidation sites excluding steroid dienone is 2. The number of ether oxygens (including phenoxy) is 3. The Kier molecular flexibility index (Phi) is 26.9. The summed E-state index contributed by atoms with van der Waals surface area (Å²) in [5.74, 6) is -0.298. The van der Waals surface area contributed by atoms with E-state index in [1.165, 1.54) is 6.26 Å². The van der Waals surface area contributed by atoms with Gasteiger partial charge in [-0.15, -0.1) is 0 Å². The molecule has 2 aromatic rings. The summed E-state index contributed by atoms with van der Waals surface area (Å²) in [4.78, 5) is 22.3. The van der Waals surface area contributed by atoms with E-state index in [0.717, 1.165) is 19.3 Å². The summed E-state index contributed by atoms with van der Waals surface area (Å²) in [5.41, 5.74) is 1.11. The molecule has 2 rings (SSSR count). The average molecular weight is 644 g/mol. The van der Waals surface area contributed by atoms with Crippen molar-refractivity contribution in [3.05, 3.63) is 103 Å². The summed E-state index contributed by atoms with van der Waals surface area (Å²) in [6.45, 7) is 7.89. The van der Waals surface area contributed by atoms with Gasteiger partial charge in [-0.05, 0) is 42.7 Å². The number of hydrogen-bond acceptors (Lipinski definition) is 7. The Morgan fingerprint density at radius 3 is 1.92 bits per heavy atom. The van der Waals surface area contributed by atoms with E-state index in [9.17, 15) is 9.59 Å². The van der Waals surface area contributed by atoms with E-state index in [1.54, 1.807) is 48.7 Å². The second-order valence-electron chi connectivity index (χ2n) is 7.77. The van der Waals surface area contributed by atoms with Crippen LogP contribution in [0.3, 0.4) is 0 Å². The molecule has 2 aromatic carbocycles. The molecule has 0 saturated carbocycles. The van der Waals surface area contributed by atoms with Crippen molar-refractivity contribution in [1.29, 1.82) is 0 Å². The van der Waals surface area contributed by atoms with E-state index in [1.807, 2.05) is 37.3 Å². The molecule has 0 amide bonds. The molecule has 2 atom stereocenters. The summed E-state index contributed by atoms with van der Waals surface area (Å²) < 4.78 is 15.6. The molecule has 0 saturated heterocycles. The van der Waals surface area contributed by atoms with Crippen molar-refractivity contribution < 1.29 is 55.1 Å². The van der Waals surface area contributed by atoms with Crippen LogP contribution in [0.25, 0.3) is 0 Å². The fourth-order valence-corrected chi connectivity index (χ4v) is 2.55. The average Bonchev–Trinajstić information content (AvgIpc) is 2.96. The number of hydrogen-bond donors (Lipinski definition) is 2. The quantitative estimate of drug-likeness (QED) is 0.0842. The second-order valence-corrected chi connectivity index (χ2v) is 8.11. The van der Waals surface area contributed by atoms with Crippen molar-refractivity contribution in [1.82, 2.24) is 0 Å². The number of esters is 1. The van der Waals surface area contributed by atoms with Crippen LogP contribution in [0.2, 0.25) is 0 Å². The van der Waals surface area contributed by atoms with E-state index in [4.69, 9.17) is 36.0 Å². The van der Waals surface area contributed by atoms with Crippen molar-refractivity contribution in [2.24, 2.45) is 0 Å². The summed E-state index contributed by atoms with van der Waals surface area (Å²) >= 11 is 5.16. The fraction of sp³-hybridized carbons (Fsp3) is 0.367. The van der Waals surface area contributed by atoms with Crippen LogP contribution in [0, 0.1) is 6.92 Å². The molecule has 0 aliphatic rings. The maximum Gasteiger partial charge on any atom is 0.338 e. The smallest absolute Gasteiger partial charge is 0.338 e. The normalized spacial score (nSPS) is 11.6. The van der Waals surface area contributed by atoms with Gasteiger partial charge < -0.3 is 31.3 Å². The van der Waals surface area contributed by atoms with E-state index in [2.05, 4.69) is 13.8 Å². The maximum absolute atomic E-state index is 11.9. The Morgan fingerprint density at radius 2 is 1.46 bits per heavy atom. The fourth-order valence-electron chi connectivity index (χ4n) is 2.42. The number of benzene rings is 2. The molecule has 0 aliphatic carbocycles. The Morgan fingerprint density at radius 1 is 0.923 bits per heavy atom. The van der Waals surface area contributed by atoms with Crippen LogP contribution >= 0.6 is 11.6 Å². The molecule has 216 valence electrons. The van der Waals surface area contributed by atoms with Gasteiger partial charge in [0.05, 0.1) is 24.7 Å². The number of aliphatic hydroxyl groups excluding tert-OH is 2. The van der Waals surface area contributed by atoms with E-state index in [0.29, 0.717) is 24.2 Å². The van der Waals surface area contributed by atoms with Crippen LogP contribution in [0.1, 0.15) is 60.2 Å². The maximum atomic E-state index is 11.9. The van der Waals surface area contributed by atoms with Crippen molar-refractivity contribution in [3.8, 4) is 0 Å². The molecule has 0 fully saturated rings. The monoisotopic (exact) mass is 645 g/mol. The first-order chi connectivity index (χ1) is 18.4. The van der Waals surface area contributed by atoms with Gasteiger partial charge in [0.2, 0.25) is 0 Å². The zero-order chi connectivity index (χ0) is 28.4. The predicted molar refractivity (Wildman–Crippen MR) is 151 cm³/mol. The number of carbonyl (C=O) groups excluding carboxylic acids is 2. The van der Waals surface area contributed by atoms with Gasteiger partial charge in [0.15, 0.2) is 0 Å². The first-order valence-corrected chi connectivity index (χ1v) is 12.9. The number of carbonyl (C=O) groups is 2. The molecule has 9 heteroatoms. The standard InChI is InChI=1S/C16H22O3.C7H5ClO.C7H13O3.Mo/c1-3-5-9-12-18-13-15(4-2)19-16(17)14-10-7-6-8-11-14;8-7(9)6-4-2-1-3-5-6;1-2-3-4-10-6-7(9)5-8;/h6-12,15H,3-5,13H2,1-2H3;1-5H;3-4,7-9H,1-2,5-6H2;/q;;-1;/b12-9-;;4-3-;/t15-;;7-;/m1.1./s1. The summed E-state index contributed by atoms with van der Waals surface area (Å²) in [5, 5.41) is 16.7. The third kappa shape index (κ3) is 22.1. The largest absolute Gasteiger partial charge is 0.499 e. The van der Waals surface area contributed by atoms with Crippen LogP contribution in [-0.4, -0.2) is 53.5 Å². The van der Waals surface area contributed by atoms with Gasteiger partial charge in [0.25, 0.3) is 5.24 Å². The zero-order valence-electron chi connectivity index (χ0n) is 22.6. The summed E-state index contributed by atoms with van der Waals surface area (Å²) in [7, 11) is 0. The Bertz CT molecular complexity index is 908. The Hall–Kier alpha value is -2.44. The third-order valence-electron chi connectivity index (χ3n) is 4.53. The summed E-state index contributed by atoms with van der Waals surface area (Å²) in [6, 6.07) is 17.7. The zero-order valence-corrected chi connectivity index (χ0v) is 25.4. The van der Waals surface area contributed by atoms with Gasteiger partial charge in [0.1, 0.15) is 25.4 Å². The second kappa shape index (κ2) is 27.1. The van der Waals surface area contributed by atoms with E-state index < -0.39 is 11.3 Å². The van der Waals surface area contributed by atoms with Crippen molar-refractivity contribution in [3.63, 3.8) is 0 Å². The third-order valence-corrected chi connectivity index (χ3v) is 4.75. The Balaban J connectivity index is 0. The van der Waals surface area contributed by atoms with Crippen LogP contribution in [0.4, 0.5) is 0 Å². The molecule has 0 heterocycles. The van der Waals surface area contributed by atoms with Crippen molar-refractivity contribution >= 4 is 22.8 Å². The molecule has 0 unspecified atom stereocenters. The SMILES string of the molecule is CCC/C=C\OC[C@@H](CC)OC(=O)c1ccccc1.O=C(Cl)c1ccccc1.[CH2-]C/C=C\OC[C@H](O)CO.[Mo]. The number of rotatable bonds is 14. The molecule has 0 radical (unpaired) electrons. The minimum Gasteiger partial charge on any atom is -0.499 e.